The smallest absolute Gasteiger partial charge is 0.131 e. The van der Waals surface area contributed by atoms with Gasteiger partial charge >= 0.3 is 0 Å². The molecule has 0 aromatic carbocycles. The van der Waals surface area contributed by atoms with E-state index in [1.807, 2.05) is 0 Å². The van der Waals surface area contributed by atoms with Crippen LogP contribution in [-0.2, 0) is 5.41 Å². The van der Waals surface area contributed by atoms with Crippen LogP contribution in [0.2, 0.25) is 5.02 Å². The molecule has 0 bridgehead atoms. The first-order valence-electron chi connectivity index (χ1n) is 5.64. The lowest BCUT2D eigenvalue weighted by Crippen LogP contribution is -2.25. The highest BCUT2D eigenvalue weighted by molar-refractivity contribution is 9.10. The van der Waals surface area contributed by atoms with Gasteiger partial charge in [-0.3, -0.25) is 0 Å². The van der Waals surface area contributed by atoms with Crippen LogP contribution in [0.3, 0.4) is 0 Å². The Kier molecular flexibility index (Phi) is 2.57. The monoisotopic (exact) mass is 311 g/mol. The molecule has 3 rings (SSSR count). The highest BCUT2D eigenvalue weighted by atomic mass is 79.9. The van der Waals surface area contributed by atoms with Crippen LogP contribution in [0.4, 0.5) is 5.82 Å². The molecule has 2 aliphatic rings. The summed E-state index contributed by atoms with van der Waals surface area (Å²) in [5.74, 6) is 1.04. The number of nitrogens with zero attached hydrogens (tertiary/aromatic N) is 2. The van der Waals surface area contributed by atoms with Gasteiger partial charge in [0.05, 0.1) is 15.6 Å². The second-order valence-electron chi connectivity index (χ2n) is 4.85. The predicted octanol–water partition coefficient (Wildman–Crippen LogP) is 3.48. The minimum Gasteiger partial charge on any atom is -0.369 e. The number of hydrogen-bond donors (Lipinski definition) is 1. The van der Waals surface area contributed by atoms with Crippen LogP contribution < -0.4 is 5.32 Å². The van der Waals surface area contributed by atoms with Crippen molar-refractivity contribution in [3.8, 4) is 6.07 Å². The zero-order chi connectivity index (χ0) is 12.0. The Balaban J connectivity index is 2.10. The van der Waals surface area contributed by atoms with Gasteiger partial charge in [0.1, 0.15) is 5.82 Å². The molecule has 3 nitrogen and oxygen atoms in total. The molecule has 1 spiro atoms. The third kappa shape index (κ3) is 1.56. The highest BCUT2D eigenvalue weighted by Crippen LogP contribution is 2.52. The van der Waals surface area contributed by atoms with Gasteiger partial charge in [0, 0.05) is 29.6 Å². The zero-order valence-corrected chi connectivity index (χ0v) is 11.5. The normalized spacial score (nSPS) is 30.1. The standard InChI is InChI=1S/C12H11BrClN3/c13-8-5-16-11-9(10(8)14)12(6-17-11)2-1-7(3-12)4-15/h5,7H,1-3,6H2,(H,16,17). The fraction of sp³-hybridized carbons (Fsp3) is 0.500. The summed E-state index contributed by atoms with van der Waals surface area (Å²) >= 11 is 9.81. The summed E-state index contributed by atoms with van der Waals surface area (Å²) in [7, 11) is 0. The number of anilines is 1. The number of rotatable bonds is 0. The van der Waals surface area contributed by atoms with E-state index in [4.69, 9.17) is 16.9 Å². The molecule has 2 atom stereocenters. The van der Waals surface area contributed by atoms with Gasteiger partial charge in [0.2, 0.25) is 0 Å². The quantitative estimate of drug-likeness (QED) is 0.798. The van der Waals surface area contributed by atoms with Crippen molar-refractivity contribution in [1.29, 1.82) is 5.26 Å². The van der Waals surface area contributed by atoms with Gasteiger partial charge in [-0.25, -0.2) is 4.98 Å². The van der Waals surface area contributed by atoms with E-state index in [1.165, 1.54) is 0 Å². The lowest BCUT2D eigenvalue weighted by Gasteiger charge is -2.23. The Morgan fingerprint density at radius 1 is 1.65 bits per heavy atom. The first-order chi connectivity index (χ1) is 8.16. The van der Waals surface area contributed by atoms with E-state index in [9.17, 15) is 0 Å². The van der Waals surface area contributed by atoms with E-state index in [0.29, 0.717) is 0 Å². The molecule has 0 saturated heterocycles. The molecule has 5 heteroatoms. The lowest BCUT2D eigenvalue weighted by molar-refractivity contribution is 0.477. The Labute approximate surface area is 113 Å². The van der Waals surface area contributed by atoms with Crippen LogP contribution in [0.15, 0.2) is 10.7 Å². The first-order valence-corrected chi connectivity index (χ1v) is 6.81. The molecule has 1 aromatic rings. The minimum absolute atomic E-state index is 0.0175. The lowest BCUT2D eigenvalue weighted by atomic mass is 9.81. The zero-order valence-electron chi connectivity index (χ0n) is 9.13. The van der Waals surface area contributed by atoms with Crippen molar-refractivity contribution >= 4 is 33.3 Å². The van der Waals surface area contributed by atoms with E-state index in [2.05, 4.69) is 32.3 Å². The minimum atomic E-state index is 0.0175. The summed E-state index contributed by atoms with van der Waals surface area (Å²) in [5, 5.41) is 13.1. The van der Waals surface area contributed by atoms with Crippen LogP contribution in [0.1, 0.15) is 24.8 Å². The number of halogens is 2. The van der Waals surface area contributed by atoms with Crippen molar-refractivity contribution < 1.29 is 0 Å². The molecular formula is C12H11BrClN3. The Bertz CT molecular complexity index is 525. The van der Waals surface area contributed by atoms with Gasteiger partial charge in [0.25, 0.3) is 0 Å². The number of hydrogen-bond acceptors (Lipinski definition) is 3. The molecule has 1 N–H and O–H groups in total. The van der Waals surface area contributed by atoms with E-state index in [-0.39, 0.29) is 11.3 Å². The second-order valence-corrected chi connectivity index (χ2v) is 6.08. The van der Waals surface area contributed by atoms with Crippen molar-refractivity contribution in [3.05, 3.63) is 21.3 Å². The van der Waals surface area contributed by atoms with E-state index in [0.717, 1.165) is 46.7 Å². The van der Waals surface area contributed by atoms with Crippen LogP contribution in [-0.4, -0.2) is 11.5 Å². The van der Waals surface area contributed by atoms with E-state index >= 15 is 0 Å². The van der Waals surface area contributed by atoms with Gasteiger partial charge in [-0.05, 0) is 35.2 Å². The fourth-order valence-corrected chi connectivity index (χ4v) is 3.69. The average molecular weight is 313 g/mol. The average Bonchev–Trinajstić information content (AvgIpc) is 2.90. The van der Waals surface area contributed by atoms with Crippen molar-refractivity contribution in [1.82, 2.24) is 4.98 Å². The summed E-state index contributed by atoms with van der Waals surface area (Å²) in [4.78, 5) is 4.36. The summed E-state index contributed by atoms with van der Waals surface area (Å²) in [6.07, 6.45) is 4.59. The maximum absolute atomic E-state index is 9.05. The molecule has 1 aromatic heterocycles. The molecule has 2 heterocycles. The summed E-state index contributed by atoms with van der Waals surface area (Å²) < 4.78 is 0.835. The summed E-state index contributed by atoms with van der Waals surface area (Å²) in [5.41, 5.74) is 1.12. The van der Waals surface area contributed by atoms with Crippen molar-refractivity contribution in [3.63, 3.8) is 0 Å². The summed E-state index contributed by atoms with van der Waals surface area (Å²) in [6.45, 7) is 0.851. The van der Waals surface area contributed by atoms with Gasteiger partial charge in [0.15, 0.2) is 0 Å². The molecule has 1 aliphatic heterocycles. The van der Waals surface area contributed by atoms with Gasteiger partial charge in [-0.2, -0.15) is 5.26 Å². The molecule has 1 aliphatic carbocycles. The molecule has 1 saturated carbocycles. The van der Waals surface area contributed by atoms with Crippen molar-refractivity contribution in [2.45, 2.75) is 24.7 Å². The molecule has 17 heavy (non-hydrogen) atoms. The van der Waals surface area contributed by atoms with Gasteiger partial charge < -0.3 is 5.32 Å². The molecule has 2 unspecified atom stereocenters. The van der Waals surface area contributed by atoms with Crippen LogP contribution in [0.5, 0.6) is 0 Å². The first kappa shape index (κ1) is 11.3. The van der Waals surface area contributed by atoms with Gasteiger partial charge in [-0.1, -0.05) is 11.6 Å². The third-order valence-electron chi connectivity index (χ3n) is 3.89. The van der Waals surface area contributed by atoms with Crippen LogP contribution in [0.25, 0.3) is 0 Å². The SMILES string of the molecule is N#CC1CCC2(CNc3ncc(Br)c(Cl)c32)C1. The largest absolute Gasteiger partial charge is 0.369 e. The Morgan fingerprint density at radius 3 is 3.18 bits per heavy atom. The van der Waals surface area contributed by atoms with E-state index < -0.39 is 0 Å². The molecule has 0 radical (unpaired) electrons. The van der Waals surface area contributed by atoms with E-state index in [1.54, 1.807) is 6.20 Å². The van der Waals surface area contributed by atoms with Crippen LogP contribution >= 0.6 is 27.5 Å². The topological polar surface area (TPSA) is 48.7 Å². The van der Waals surface area contributed by atoms with Crippen LogP contribution in [0, 0.1) is 17.2 Å². The van der Waals surface area contributed by atoms with Crippen molar-refractivity contribution in [2.24, 2.45) is 5.92 Å². The molecule has 1 fully saturated rings. The number of nitriles is 1. The second kappa shape index (κ2) is 3.86. The number of aromatic nitrogens is 1. The fourth-order valence-electron chi connectivity index (χ4n) is 3.05. The van der Waals surface area contributed by atoms with Gasteiger partial charge in [-0.15, -0.1) is 0 Å². The maximum atomic E-state index is 9.05. The number of pyridine rings is 1. The molecular weight excluding hydrogens is 302 g/mol. The molecule has 0 amide bonds. The number of fused-ring (bicyclic) bond motifs is 2. The maximum Gasteiger partial charge on any atom is 0.131 e. The predicted molar refractivity (Wildman–Crippen MR) is 70.1 cm³/mol. The Morgan fingerprint density at radius 2 is 2.47 bits per heavy atom. The Hall–Kier alpha value is -0.790. The van der Waals surface area contributed by atoms with Crippen molar-refractivity contribution in [2.75, 3.05) is 11.9 Å². The summed E-state index contributed by atoms with van der Waals surface area (Å²) in [6, 6.07) is 2.38. The third-order valence-corrected chi connectivity index (χ3v) is 5.11. The number of nitrogens with one attached hydrogen (secondary N) is 1. The molecule has 88 valence electrons. The highest BCUT2D eigenvalue weighted by Gasteiger charge is 2.47.